The third-order valence-corrected chi connectivity index (χ3v) is 3.66. The first-order chi connectivity index (χ1) is 9.30. The van der Waals surface area contributed by atoms with E-state index < -0.39 is 0 Å². The average molecular weight is 260 g/mol. The highest BCUT2D eigenvalue weighted by molar-refractivity contribution is 5.31. The van der Waals surface area contributed by atoms with Crippen molar-refractivity contribution in [2.45, 2.75) is 37.6 Å². The summed E-state index contributed by atoms with van der Waals surface area (Å²) in [6, 6.07) is 5.43. The standard InChI is InChI=1S/C14H16N2O3/c15-10-11-3-6-16-13(9-11)19-12-1-4-14(5-2-12)17-7-8-18-14/h3,6,9,12H,1-2,4-5,7-8H2. The van der Waals surface area contributed by atoms with Crippen LogP contribution in [0.2, 0.25) is 0 Å². The SMILES string of the molecule is N#Cc1ccnc(OC2CCC3(CC2)OCCO3)c1. The lowest BCUT2D eigenvalue weighted by Crippen LogP contribution is -2.38. The van der Waals surface area contributed by atoms with E-state index in [1.807, 2.05) is 0 Å². The summed E-state index contributed by atoms with van der Waals surface area (Å²) in [4.78, 5) is 4.13. The third kappa shape index (κ3) is 2.70. The fourth-order valence-corrected chi connectivity index (χ4v) is 2.65. The maximum atomic E-state index is 8.84. The molecule has 1 spiro atoms. The van der Waals surface area contributed by atoms with Crippen molar-refractivity contribution in [2.75, 3.05) is 13.2 Å². The minimum atomic E-state index is -0.359. The molecule has 0 amide bonds. The minimum Gasteiger partial charge on any atom is -0.474 e. The van der Waals surface area contributed by atoms with Gasteiger partial charge >= 0.3 is 0 Å². The molecule has 0 bridgehead atoms. The van der Waals surface area contributed by atoms with Crippen LogP contribution < -0.4 is 4.74 Å². The van der Waals surface area contributed by atoms with Crippen LogP contribution >= 0.6 is 0 Å². The summed E-state index contributed by atoms with van der Waals surface area (Å²) >= 11 is 0. The van der Waals surface area contributed by atoms with Crippen LogP contribution in [-0.2, 0) is 9.47 Å². The number of pyridine rings is 1. The van der Waals surface area contributed by atoms with Crippen molar-refractivity contribution in [3.63, 3.8) is 0 Å². The number of hydrogen-bond donors (Lipinski definition) is 0. The molecule has 0 atom stereocenters. The molecule has 5 nitrogen and oxygen atoms in total. The molecule has 3 rings (SSSR count). The van der Waals surface area contributed by atoms with E-state index in [9.17, 15) is 0 Å². The third-order valence-electron chi connectivity index (χ3n) is 3.66. The van der Waals surface area contributed by atoms with Crippen molar-refractivity contribution in [1.29, 1.82) is 5.26 Å². The fourth-order valence-electron chi connectivity index (χ4n) is 2.65. The number of hydrogen-bond acceptors (Lipinski definition) is 5. The molecule has 1 aromatic heterocycles. The maximum Gasteiger partial charge on any atom is 0.214 e. The van der Waals surface area contributed by atoms with E-state index in [1.165, 1.54) is 0 Å². The van der Waals surface area contributed by atoms with Gasteiger partial charge in [0.15, 0.2) is 5.79 Å². The van der Waals surface area contributed by atoms with Gasteiger partial charge in [-0.1, -0.05) is 0 Å². The zero-order chi connectivity index (χ0) is 13.1. The first kappa shape index (κ1) is 12.4. The number of rotatable bonds is 2. The highest BCUT2D eigenvalue weighted by Gasteiger charge is 2.40. The van der Waals surface area contributed by atoms with Crippen molar-refractivity contribution in [3.05, 3.63) is 23.9 Å². The normalized spacial score (nSPS) is 22.3. The molecule has 2 fully saturated rings. The predicted molar refractivity (Wildman–Crippen MR) is 66.5 cm³/mol. The number of aromatic nitrogens is 1. The van der Waals surface area contributed by atoms with Crippen LogP contribution in [0.3, 0.4) is 0 Å². The van der Waals surface area contributed by atoms with Gasteiger partial charge in [-0.3, -0.25) is 0 Å². The van der Waals surface area contributed by atoms with Crippen molar-refractivity contribution in [1.82, 2.24) is 4.98 Å². The summed E-state index contributed by atoms with van der Waals surface area (Å²) in [7, 11) is 0. The highest BCUT2D eigenvalue weighted by Crippen LogP contribution is 2.36. The van der Waals surface area contributed by atoms with Crippen LogP contribution in [0.25, 0.3) is 0 Å². The van der Waals surface area contributed by atoms with Crippen LogP contribution in [0.1, 0.15) is 31.2 Å². The first-order valence-electron chi connectivity index (χ1n) is 6.60. The highest BCUT2D eigenvalue weighted by atomic mass is 16.7. The van der Waals surface area contributed by atoms with E-state index in [2.05, 4.69) is 11.1 Å². The van der Waals surface area contributed by atoms with Crippen molar-refractivity contribution < 1.29 is 14.2 Å². The second-order valence-electron chi connectivity index (χ2n) is 4.92. The van der Waals surface area contributed by atoms with Crippen LogP contribution in [0.5, 0.6) is 5.88 Å². The van der Waals surface area contributed by atoms with Crippen molar-refractivity contribution in [3.8, 4) is 11.9 Å². The van der Waals surface area contributed by atoms with Gasteiger partial charge in [0, 0.05) is 25.1 Å². The van der Waals surface area contributed by atoms with E-state index in [-0.39, 0.29) is 11.9 Å². The summed E-state index contributed by atoms with van der Waals surface area (Å²) in [5.41, 5.74) is 0.569. The quantitative estimate of drug-likeness (QED) is 0.814. The van der Waals surface area contributed by atoms with Gasteiger partial charge in [-0.15, -0.1) is 0 Å². The second-order valence-corrected chi connectivity index (χ2v) is 4.92. The molecule has 1 aliphatic carbocycles. The van der Waals surface area contributed by atoms with Gasteiger partial charge in [0.1, 0.15) is 6.10 Å². The van der Waals surface area contributed by atoms with Crippen LogP contribution in [0, 0.1) is 11.3 Å². The summed E-state index contributed by atoms with van der Waals surface area (Å²) in [6.45, 7) is 1.38. The monoisotopic (exact) mass is 260 g/mol. The molecule has 1 aromatic rings. The van der Waals surface area contributed by atoms with Crippen LogP contribution in [0.4, 0.5) is 0 Å². The average Bonchev–Trinajstić information content (AvgIpc) is 2.90. The number of nitrogens with zero attached hydrogens (tertiary/aromatic N) is 2. The smallest absolute Gasteiger partial charge is 0.214 e. The molecule has 100 valence electrons. The van der Waals surface area contributed by atoms with Crippen LogP contribution in [-0.4, -0.2) is 30.1 Å². The number of nitriles is 1. The Morgan fingerprint density at radius 1 is 1.32 bits per heavy atom. The molecule has 2 heterocycles. The molecule has 1 aliphatic heterocycles. The van der Waals surface area contributed by atoms with Gasteiger partial charge in [-0.25, -0.2) is 4.98 Å². The van der Waals surface area contributed by atoms with Gasteiger partial charge < -0.3 is 14.2 Å². The molecule has 0 radical (unpaired) electrons. The molecule has 1 saturated heterocycles. The van der Waals surface area contributed by atoms with Gasteiger partial charge in [0.2, 0.25) is 5.88 Å². The van der Waals surface area contributed by atoms with Gasteiger partial charge in [0.05, 0.1) is 24.8 Å². The molecule has 1 saturated carbocycles. The fraction of sp³-hybridized carbons (Fsp3) is 0.571. The molecule has 0 N–H and O–H groups in total. The molecule has 2 aliphatic rings. The zero-order valence-electron chi connectivity index (χ0n) is 10.7. The van der Waals surface area contributed by atoms with Crippen molar-refractivity contribution >= 4 is 0 Å². The molecule has 0 unspecified atom stereocenters. The lowest BCUT2D eigenvalue weighted by atomic mass is 9.92. The minimum absolute atomic E-state index is 0.125. The maximum absolute atomic E-state index is 8.84. The van der Waals surface area contributed by atoms with Gasteiger partial charge in [-0.05, 0) is 18.9 Å². The predicted octanol–water partition coefficient (Wildman–Crippen LogP) is 2.02. The Hall–Kier alpha value is -1.64. The van der Waals surface area contributed by atoms with E-state index in [1.54, 1.807) is 18.3 Å². The molecule has 0 aromatic carbocycles. The Balaban J connectivity index is 1.58. The van der Waals surface area contributed by atoms with E-state index in [4.69, 9.17) is 19.5 Å². The van der Waals surface area contributed by atoms with Gasteiger partial charge in [-0.2, -0.15) is 5.26 Å². The Morgan fingerprint density at radius 3 is 2.74 bits per heavy atom. The zero-order valence-corrected chi connectivity index (χ0v) is 10.7. The van der Waals surface area contributed by atoms with Gasteiger partial charge in [0.25, 0.3) is 0 Å². The first-order valence-corrected chi connectivity index (χ1v) is 6.60. The van der Waals surface area contributed by atoms with Crippen LogP contribution in [0.15, 0.2) is 18.3 Å². The summed E-state index contributed by atoms with van der Waals surface area (Å²) < 4.78 is 17.2. The number of ether oxygens (including phenoxy) is 3. The van der Waals surface area contributed by atoms with E-state index in [0.717, 1.165) is 25.7 Å². The summed E-state index contributed by atoms with van der Waals surface area (Å²) in [6.07, 6.45) is 5.21. The lowest BCUT2D eigenvalue weighted by molar-refractivity contribution is -0.186. The Morgan fingerprint density at radius 2 is 2.05 bits per heavy atom. The largest absolute Gasteiger partial charge is 0.474 e. The summed E-state index contributed by atoms with van der Waals surface area (Å²) in [5.74, 6) is 0.162. The topological polar surface area (TPSA) is 64.4 Å². The lowest BCUT2D eigenvalue weighted by Gasteiger charge is -2.35. The van der Waals surface area contributed by atoms with Crippen molar-refractivity contribution in [2.24, 2.45) is 0 Å². The second kappa shape index (κ2) is 5.16. The van der Waals surface area contributed by atoms with E-state index in [0.29, 0.717) is 24.7 Å². The Bertz CT molecular complexity index is 482. The molecule has 5 heteroatoms. The molecular formula is C14H16N2O3. The molecule has 19 heavy (non-hydrogen) atoms. The summed E-state index contributed by atoms with van der Waals surface area (Å²) in [5, 5.41) is 8.84. The Kier molecular flexibility index (Phi) is 3.36. The van der Waals surface area contributed by atoms with E-state index >= 15 is 0 Å². The Labute approximate surface area is 112 Å². The molecular weight excluding hydrogens is 244 g/mol.